The summed E-state index contributed by atoms with van der Waals surface area (Å²) in [5, 5.41) is 2.86. The molecule has 3 heterocycles. The average Bonchev–Trinajstić information content (AvgIpc) is 3.05. The predicted octanol–water partition coefficient (Wildman–Crippen LogP) is 1.51. The Balaban J connectivity index is 1.59. The van der Waals surface area contributed by atoms with Crippen LogP contribution in [-0.2, 0) is 9.53 Å². The summed E-state index contributed by atoms with van der Waals surface area (Å²) >= 11 is 0. The molecule has 4 rings (SSSR count). The fourth-order valence-corrected chi connectivity index (χ4v) is 4.07. The highest BCUT2D eigenvalue weighted by Gasteiger charge is 2.43. The van der Waals surface area contributed by atoms with E-state index < -0.39 is 11.9 Å². The number of urea groups is 1. The molecule has 8 heteroatoms. The number of hydrogen-bond acceptors (Lipinski definition) is 4. The molecule has 0 bridgehead atoms. The number of carbonyl (C=O) groups is 2. The molecule has 0 radical (unpaired) electrons. The van der Waals surface area contributed by atoms with Crippen LogP contribution in [0.15, 0.2) is 48.2 Å². The molecule has 1 unspecified atom stereocenters. The maximum Gasteiger partial charge on any atom is 0.322 e. The molecule has 3 amide bonds. The monoisotopic (exact) mass is 400 g/mol. The van der Waals surface area contributed by atoms with Crippen LogP contribution in [0.3, 0.4) is 0 Å². The van der Waals surface area contributed by atoms with E-state index in [4.69, 9.17) is 4.74 Å². The Hall–Kier alpha value is -2.71. The quantitative estimate of drug-likeness (QED) is 0.736. The minimum atomic E-state index is -0.657. The second kappa shape index (κ2) is 8.34. The van der Waals surface area contributed by atoms with Gasteiger partial charge in [0.25, 0.3) is 5.91 Å². The lowest BCUT2D eigenvalue weighted by molar-refractivity contribution is -0.126. The van der Waals surface area contributed by atoms with Gasteiger partial charge >= 0.3 is 6.03 Å². The Labute approximate surface area is 169 Å². The van der Waals surface area contributed by atoms with E-state index in [0.717, 1.165) is 19.6 Å². The Kier molecular flexibility index (Phi) is 5.64. The fourth-order valence-electron chi connectivity index (χ4n) is 4.07. The molecule has 0 spiro atoms. The third-order valence-corrected chi connectivity index (χ3v) is 5.58. The molecule has 0 saturated carbocycles. The summed E-state index contributed by atoms with van der Waals surface area (Å²) in [6.07, 6.45) is 1.63. The van der Waals surface area contributed by atoms with E-state index in [0.29, 0.717) is 49.7 Å². The molecule has 7 nitrogen and oxygen atoms in total. The number of rotatable bonds is 6. The van der Waals surface area contributed by atoms with E-state index in [2.05, 4.69) is 16.8 Å². The van der Waals surface area contributed by atoms with Gasteiger partial charge in [-0.05, 0) is 17.7 Å². The van der Waals surface area contributed by atoms with Crippen LogP contribution >= 0.6 is 0 Å². The van der Waals surface area contributed by atoms with Crippen molar-refractivity contribution in [2.75, 3.05) is 52.5 Å². The predicted molar refractivity (Wildman–Crippen MR) is 105 cm³/mol. The van der Waals surface area contributed by atoms with E-state index in [-0.39, 0.29) is 11.9 Å². The number of nitrogens with zero attached hydrogens (tertiary/aromatic N) is 3. The largest absolute Gasteiger partial charge is 0.379 e. The second-order valence-electron chi connectivity index (χ2n) is 7.38. The van der Waals surface area contributed by atoms with Gasteiger partial charge in [0.1, 0.15) is 5.82 Å². The Bertz CT molecular complexity index is 850. The lowest BCUT2D eigenvalue weighted by Crippen LogP contribution is -2.47. The normalized spacial score (nSPS) is 22.7. The first-order valence-electron chi connectivity index (χ1n) is 9.85. The lowest BCUT2D eigenvalue weighted by atomic mass is 9.95. The van der Waals surface area contributed by atoms with Crippen LogP contribution in [-0.4, -0.2) is 79.1 Å². The summed E-state index contributed by atoms with van der Waals surface area (Å²) in [4.78, 5) is 31.5. The van der Waals surface area contributed by atoms with Gasteiger partial charge in [-0.3, -0.25) is 14.6 Å². The number of halogens is 1. The van der Waals surface area contributed by atoms with Crippen molar-refractivity contribution in [1.82, 2.24) is 20.0 Å². The second-order valence-corrected chi connectivity index (χ2v) is 7.38. The summed E-state index contributed by atoms with van der Waals surface area (Å²) in [7, 11) is 0. The molecule has 29 heavy (non-hydrogen) atoms. The lowest BCUT2D eigenvalue weighted by Gasteiger charge is -2.33. The molecule has 3 aliphatic rings. The molecular weight excluding hydrogens is 375 g/mol. The van der Waals surface area contributed by atoms with Crippen LogP contribution in [0.4, 0.5) is 9.18 Å². The molecule has 1 aromatic carbocycles. The van der Waals surface area contributed by atoms with Crippen molar-refractivity contribution in [3.63, 3.8) is 0 Å². The van der Waals surface area contributed by atoms with Crippen molar-refractivity contribution >= 4 is 11.9 Å². The molecule has 1 fully saturated rings. The van der Waals surface area contributed by atoms with Crippen molar-refractivity contribution in [2.45, 2.75) is 6.04 Å². The van der Waals surface area contributed by atoms with Gasteiger partial charge in [-0.1, -0.05) is 18.2 Å². The van der Waals surface area contributed by atoms with Gasteiger partial charge < -0.3 is 15.0 Å². The number of nitrogens with one attached hydrogen (secondary N) is 1. The SMILES string of the molecule is C=CCN1C(=O)NC(c2cccc(F)c2)C2=C1CN(CCN1CCOCC1)C2=O. The molecule has 1 saturated heterocycles. The summed E-state index contributed by atoms with van der Waals surface area (Å²) in [6.45, 7) is 8.82. The van der Waals surface area contributed by atoms with Crippen LogP contribution in [0, 0.1) is 5.82 Å². The molecule has 154 valence electrons. The number of carbonyl (C=O) groups excluding carboxylic acids is 2. The fraction of sp³-hybridized carbons (Fsp3) is 0.429. The summed E-state index contributed by atoms with van der Waals surface area (Å²) in [6, 6.07) is 5.06. The van der Waals surface area contributed by atoms with Gasteiger partial charge in [0.15, 0.2) is 0 Å². The minimum Gasteiger partial charge on any atom is -0.379 e. The molecule has 0 aromatic heterocycles. The number of benzene rings is 1. The number of ether oxygens (including phenoxy) is 1. The highest BCUT2D eigenvalue weighted by Crippen LogP contribution is 2.36. The summed E-state index contributed by atoms with van der Waals surface area (Å²) in [5.74, 6) is -0.515. The molecule has 1 N–H and O–H groups in total. The highest BCUT2D eigenvalue weighted by atomic mass is 19.1. The standard InChI is InChI=1S/C21H25FN4O3/c1-2-6-26-17-14-25(8-7-24-9-11-29-12-10-24)20(27)18(17)19(23-21(26)28)15-4-3-5-16(22)13-15/h2-5,13,19H,1,6-12,14H2,(H,23,28). The zero-order valence-corrected chi connectivity index (χ0v) is 16.3. The maximum absolute atomic E-state index is 13.8. The summed E-state index contributed by atoms with van der Waals surface area (Å²) < 4.78 is 19.2. The zero-order chi connectivity index (χ0) is 20.4. The first-order valence-corrected chi connectivity index (χ1v) is 9.85. The topological polar surface area (TPSA) is 65.1 Å². The summed E-state index contributed by atoms with van der Waals surface area (Å²) in [5.41, 5.74) is 1.75. The molecule has 0 aliphatic carbocycles. The van der Waals surface area contributed by atoms with E-state index in [9.17, 15) is 14.0 Å². The van der Waals surface area contributed by atoms with Crippen LogP contribution in [0.1, 0.15) is 11.6 Å². The van der Waals surface area contributed by atoms with Crippen molar-refractivity contribution in [2.24, 2.45) is 0 Å². The van der Waals surface area contributed by atoms with Crippen LogP contribution in [0.25, 0.3) is 0 Å². The van der Waals surface area contributed by atoms with Crippen LogP contribution in [0.5, 0.6) is 0 Å². The van der Waals surface area contributed by atoms with Gasteiger partial charge in [0.05, 0.1) is 37.1 Å². The Morgan fingerprint density at radius 2 is 2.03 bits per heavy atom. The van der Waals surface area contributed by atoms with E-state index in [1.807, 2.05) is 0 Å². The van der Waals surface area contributed by atoms with Gasteiger partial charge in [-0.25, -0.2) is 9.18 Å². The molecule has 1 aromatic rings. The average molecular weight is 400 g/mol. The van der Waals surface area contributed by atoms with Crippen molar-refractivity contribution < 1.29 is 18.7 Å². The first-order chi connectivity index (χ1) is 14.1. The van der Waals surface area contributed by atoms with Gasteiger partial charge in [-0.15, -0.1) is 6.58 Å². The highest BCUT2D eigenvalue weighted by molar-refractivity contribution is 6.01. The van der Waals surface area contributed by atoms with Crippen molar-refractivity contribution in [3.8, 4) is 0 Å². The van der Waals surface area contributed by atoms with E-state index >= 15 is 0 Å². The van der Waals surface area contributed by atoms with Gasteiger partial charge in [-0.2, -0.15) is 0 Å². The maximum atomic E-state index is 13.8. The Morgan fingerprint density at radius 1 is 1.24 bits per heavy atom. The molecule has 3 aliphatic heterocycles. The van der Waals surface area contributed by atoms with E-state index in [1.54, 1.807) is 28.0 Å². The van der Waals surface area contributed by atoms with Crippen molar-refractivity contribution in [3.05, 3.63) is 59.6 Å². The number of amides is 3. The van der Waals surface area contributed by atoms with Gasteiger partial charge in [0.2, 0.25) is 0 Å². The smallest absolute Gasteiger partial charge is 0.322 e. The Morgan fingerprint density at radius 3 is 2.76 bits per heavy atom. The molecule has 1 atom stereocenters. The first kappa shape index (κ1) is 19.6. The third-order valence-electron chi connectivity index (χ3n) is 5.58. The number of morpholine rings is 1. The van der Waals surface area contributed by atoms with Crippen LogP contribution < -0.4 is 5.32 Å². The third kappa shape index (κ3) is 3.90. The van der Waals surface area contributed by atoms with E-state index in [1.165, 1.54) is 12.1 Å². The number of hydrogen-bond donors (Lipinski definition) is 1. The minimum absolute atomic E-state index is 0.114. The van der Waals surface area contributed by atoms with Crippen LogP contribution in [0.2, 0.25) is 0 Å². The van der Waals surface area contributed by atoms with Crippen molar-refractivity contribution in [1.29, 1.82) is 0 Å². The van der Waals surface area contributed by atoms with Gasteiger partial charge in [0, 0.05) is 32.7 Å². The zero-order valence-electron chi connectivity index (χ0n) is 16.3. The molecular formula is C21H25FN4O3.